The van der Waals surface area contributed by atoms with Crippen LogP contribution in [-0.2, 0) is 7.05 Å². The number of piperazine rings is 1. The van der Waals surface area contributed by atoms with Gasteiger partial charge in [-0.1, -0.05) is 24.1 Å². The van der Waals surface area contributed by atoms with Crippen molar-refractivity contribution < 1.29 is 0 Å². The third kappa shape index (κ3) is 3.77. The molecular weight excluding hydrogens is 416 g/mol. The number of benzene rings is 1. The number of anilines is 1. The fourth-order valence-electron chi connectivity index (χ4n) is 4.20. The molecule has 1 saturated heterocycles. The van der Waals surface area contributed by atoms with E-state index in [0.29, 0.717) is 0 Å². The minimum atomic E-state index is 0.937. The van der Waals surface area contributed by atoms with Gasteiger partial charge in [-0.3, -0.25) is 8.65 Å². The van der Waals surface area contributed by atoms with Crippen LogP contribution in [0.2, 0.25) is 0 Å². The Morgan fingerprint density at radius 2 is 1.78 bits per heavy atom. The second kappa shape index (κ2) is 8.73. The minimum absolute atomic E-state index is 0.937. The summed E-state index contributed by atoms with van der Waals surface area (Å²) >= 11 is 1.67. The third-order valence-electron chi connectivity index (χ3n) is 5.80. The highest BCUT2D eigenvalue weighted by Gasteiger charge is 2.26. The molecule has 0 radical (unpaired) electrons. The fourth-order valence-corrected chi connectivity index (χ4v) is 5.20. The molecule has 0 spiro atoms. The zero-order valence-corrected chi connectivity index (χ0v) is 19.4. The molecule has 0 bridgehead atoms. The number of nitrogens with zero attached hydrogens (tertiary/aromatic N) is 6. The lowest BCUT2D eigenvalue weighted by Crippen LogP contribution is -2.44. The van der Waals surface area contributed by atoms with Gasteiger partial charge >= 0.3 is 0 Å². The molecule has 162 valence electrons. The van der Waals surface area contributed by atoms with Gasteiger partial charge in [-0.2, -0.15) is 5.10 Å². The zero-order valence-electron chi connectivity index (χ0n) is 18.6. The number of pyridine rings is 1. The quantitative estimate of drug-likeness (QED) is 0.445. The Labute approximate surface area is 193 Å². The van der Waals surface area contributed by atoms with Gasteiger partial charge in [-0.25, -0.2) is 4.98 Å². The van der Waals surface area contributed by atoms with E-state index >= 15 is 0 Å². The Morgan fingerprint density at radius 3 is 2.47 bits per heavy atom. The predicted molar refractivity (Wildman–Crippen MR) is 132 cm³/mol. The van der Waals surface area contributed by atoms with Gasteiger partial charge in [0.2, 0.25) is 0 Å². The summed E-state index contributed by atoms with van der Waals surface area (Å²) in [7, 11) is 4.13. The van der Waals surface area contributed by atoms with Crippen LogP contribution in [0.4, 0.5) is 5.69 Å². The largest absolute Gasteiger partial charge is 0.368 e. The maximum absolute atomic E-state index is 4.85. The van der Waals surface area contributed by atoms with Crippen LogP contribution >= 0.6 is 11.9 Å². The van der Waals surface area contributed by atoms with Crippen molar-refractivity contribution in [1.82, 2.24) is 23.6 Å². The van der Waals surface area contributed by atoms with Crippen molar-refractivity contribution in [3.05, 3.63) is 60.6 Å². The van der Waals surface area contributed by atoms with E-state index in [1.54, 1.807) is 11.9 Å². The number of hydrogen-bond acceptors (Lipinski definition) is 5. The molecule has 32 heavy (non-hydrogen) atoms. The molecule has 1 fully saturated rings. The number of aryl methyl sites for hydroxylation is 1. The maximum atomic E-state index is 4.85. The monoisotopic (exact) mass is 442 g/mol. The molecule has 1 aromatic carbocycles. The fraction of sp³-hybridized carbons (Fsp3) is 0.280. The van der Waals surface area contributed by atoms with Crippen molar-refractivity contribution in [1.29, 1.82) is 0 Å². The van der Waals surface area contributed by atoms with Gasteiger partial charge in [-0.15, -0.1) is 5.92 Å². The Balaban J connectivity index is 1.78. The first-order valence-electron chi connectivity index (χ1n) is 10.8. The number of fused-ring (bicyclic) bond motifs is 1. The highest BCUT2D eigenvalue weighted by Crippen LogP contribution is 2.41. The molecule has 3 aromatic heterocycles. The summed E-state index contributed by atoms with van der Waals surface area (Å²) < 4.78 is 4.06. The van der Waals surface area contributed by atoms with Crippen molar-refractivity contribution in [2.45, 2.75) is 11.8 Å². The topological polar surface area (TPSA) is 42.1 Å². The molecule has 4 aromatic rings. The van der Waals surface area contributed by atoms with Crippen LogP contribution in [0.25, 0.3) is 22.3 Å². The normalized spacial score (nSPS) is 14.5. The lowest BCUT2D eigenvalue weighted by atomic mass is 10.1. The van der Waals surface area contributed by atoms with E-state index in [1.165, 1.54) is 5.69 Å². The first-order chi connectivity index (χ1) is 15.7. The standard InChI is InChI=1S/C25H26N6S/c1-4-8-21-23-22(30-15-13-28(2)14-16-30)11-12-26-25(23)31(32-20-9-6-5-7-10-20)24(21)19-17-27-29(3)18-19/h5-7,9-12,17-18H,13-16H2,1-3H3. The first-order valence-corrected chi connectivity index (χ1v) is 11.5. The highest BCUT2D eigenvalue weighted by atomic mass is 32.2. The van der Waals surface area contributed by atoms with E-state index in [2.05, 4.69) is 68.1 Å². The van der Waals surface area contributed by atoms with Crippen molar-refractivity contribution in [3.63, 3.8) is 0 Å². The summed E-state index contributed by atoms with van der Waals surface area (Å²) in [5.41, 5.74) is 5.24. The van der Waals surface area contributed by atoms with Crippen molar-refractivity contribution in [2.75, 3.05) is 38.1 Å². The van der Waals surface area contributed by atoms with Crippen LogP contribution in [0.3, 0.4) is 0 Å². The molecule has 7 heteroatoms. The van der Waals surface area contributed by atoms with E-state index < -0.39 is 0 Å². The molecule has 0 atom stereocenters. The van der Waals surface area contributed by atoms with Gasteiger partial charge in [0.25, 0.3) is 0 Å². The van der Waals surface area contributed by atoms with Gasteiger partial charge in [0.1, 0.15) is 0 Å². The van der Waals surface area contributed by atoms with Crippen molar-refractivity contribution in [3.8, 4) is 23.1 Å². The van der Waals surface area contributed by atoms with E-state index in [4.69, 9.17) is 4.98 Å². The van der Waals surface area contributed by atoms with Crippen molar-refractivity contribution >= 4 is 28.7 Å². The smallest absolute Gasteiger partial charge is 0.154 e. The lowest BCUT2D eigenvalue weighted by molar-refractivity contribution is 0.313. The minimum Gasteiger partial charge on any atom is -0.368 e. The SMILES string of the molecule is CC#Cc1c(-c2cnn(C)c2)n(Sc2ccccc2)c2nccc(N3CCN(C)CC3)c12. The van der Waals surface area contributed by atoms with Crippen molar-refractivity contribution in [2.24, 2.45) is 7.05 Å². The number of likely N-dealkylation sites (N-methyl/N-ethyl adjacent to an activating group) is 1. The Kier molecular flexibility index (Phi) is 5.64. The molecule has 0 aliphatic carbocycles. The Hall–Kier alpha value is -3.21. The zero-order chi connectivity index (χ0) is 22.1. The first kappa shape index (κ1) is 20.7. The highest BCUT2D eigenvalue weighted by molar-refractivity contribution is 7.98. The van der Waals surface area contributed by atoms with Crippen LogP contribution in [0.1, 0.15) is 12.5 Å². The summed E-state index contributed by atoms with van der Waals surface area (Å²) in [6.07, 6.45) is 5.88. The molecule has 0 N–H and O–H groups in total. The third-order valence-corrected chi connectivity index (χ3v) is 6.82. The van der Waals surface area contributed by atoms with Gasteiger partial charge in [0, 0.05) is 56.1 Å². The molecule has 0 amide bonds. The summed E-state index contributed by atoms with van der Waals surface area (Å²) in [4.78, 5) is 10.8. The van der Waals surface area contributed by atoms with E-state index in [-0.39, 0.29) is 0 Å². The number of aromatic nitrogens is 4. The van der Waals surface area contributed by atoms with Gasteiger partial charge in [0.05, 0.1) is 28.5 Å². The summed E-state index contributed by atoms with van der Waals surface area (Å²) in [6, 6.07) is 12.6. The molecule has 6 nitrogen and oxygen atoms in total. The second-order valence-corrected chi connectivity index (χ2v) is 9.04. The average Bonchev–Trinajstić information content (AvgIpc) is 3.37. The van der Waals surface area contributed by atoms with Gasteiger partial charge in [0.15, 0.2) is 5.65 Å². The molecule has 5 rings (SSSR count). The molecule has 0 unspecified atom stereocenters. The summed E-state index contributed by atoms with van der Waals surface area (Å²) in [5, 5.41) is 5.56. The Morgan fingerprint density at radius 1 is 1.00 bits per heavy atom. The average molecular weight is 443 g/mol. The van der Waals surface area contributed by atoms with E-state index in [1.807, 2.05) is 43.3 Å². The summed E-state index contributed by atoms with van der Waals surface area (Å²) in [6.45, 7) is 5.98. The molecule has 1 aliphatic rings. The number of hydrogen-bond donors (Lipinski definition) is 0. The second-order valence-electron chi connectivity index (χ2n) is 8.02. The van der Waals surface area contributed by atoms with Crippen LogP contribution in [-0.4, -0.2) is 56.9 Å². The number of rotatable bonds is 4. The lowest BCUT2D eigenvalue weighted by Gasteiger charge is -2.34. The molecular formula is C25H26N6S. The molecule has 0 saturated carbocycles. The molecule has 4 heterocycles. The van der Waals surface area contributed by atoms with Crippen LogP contribution in [0.15, 0.2) is 59.9 Å². The van der Waals surface area contributed by atoms with E-state index in [0.717, 1.165) is 58.9 Å². The Bertz CT molecular complexity index is 1300. The maximum Gasteiger partial charge on any atom is 0.154 e. The van der Waals surface area contributed by atoms with Crippen LogP contribution < -0.4 is 4.90 Å². The van der Waals surface area contributed by atoms with Crippen LogP contribution in [0, 0.1) is 11.8 Å². The summed E-state index contributed by atoms with van der Waals surface area (Å²) in [5.74, 6) is 6.58. The van der Waals surface area contributed by atoms with E-state index in [9.17, 15) is 0 Å². The van der Waals surface area contributed by atoms with Gasteiger partial charge < -0.3 is 9.80 Å². The predicted octanol–water partition coefficient (Wildman–Crippen LogP) is 4.12. The van der Waals surface area contributed by atoms with Crippen LogP contribution in [0.5, 0.6) is 0 Å². The van der Waals surface area contributed by atoms with Gasteiger partial charge in [-0.05, 0) is 44.1 Å². The molecule has 1 aliphatic heterocycles.